The Bertz CT molecular complexity index is 1640. The van der Waals surface area contributed by atoms with Crippen LogP contribution < -0.4 is 15.7 Å². The van der Waals surface area contributed by atoms with E-state index in [9.17, 15) is 25.0 Å². The van der Waals surface area contributed by atoms with Gasteiger partial charge in [0, 0.05) is 23.3 Å². The minimum Gasteiger partial charge on any atom is -0.465 e. The normalized spacial score (nSPS) is 10.5. The molecular weight excluding hydrogens is 492 g/mol. The highest BCUT2D eigenvalue weighted by atomic mass is 16.6. The Morgan fingerprint density at radius 1 is 1.13 bits per heavy atom. The lowest BCUT2D eigenvalue weighted by atomic mass is 10.1. The molecule has 0 spiro atoms. The molecule has 2 N–H and O–H groups in total. The molecule has 1 aromatic heterocycles. The van der Waals surface area contributed by atoms with Crippen molar-refractivity contribution in [1.82, 2.24) is 9.97 Å². The maximum atomic E-state index is 12.4. The van der Waals surface area contributed by atoms with Crippen LogP contribution in [0.2, 0.25) is 0 Å². The highest BCUT2D eigenvalue weighted by Crippen LogP contribution is 2.31. The molecule has 3 aromatic carbocycles. The summed E-state index contributed by atoms with van der Waals surface area (Å²) < 4.78 is 10.6. The Labute approximate surface area is 215 Å². The first-order chi connectivity index (χ1) is 18.4. The van der Waals surface area contributed by atoms with Gasteiger partial charge < -0.3 is 9.47 Å². The molecular formula is C26H18N6O6. The molecule has 0 aliphatic carbocycles. The second kappa shape index (κ2) is 11.3. The molecule has 0 fully saturated rings. The van der Waals surface area contributed by atoms with Crippen LogP contribution in [0.4, 0.5) is 11.6 Å². The number of nitrogens with one attached hydrogen (secondary N) is 2. The Morgan fingerprint density at radius 3 is 2.58 bits per heavy atom. The summed E-state index contributed by atoms with van der Waals surface area (Å²) in [5.74, 6) is -0.474. The summed E-state index contributed by atoms with van der Waals surface area (Å²) in [7, 11) is 1.15. The maximum absolute atomic E-state index is 12.4. The van der Waals surface area contributed by atoms with Crippen LogP contribution in [0.15, 0.2) is 82.7 Å². The van der Waals surface area contributed by atoms with Gasteiger partial charge in [0.1, 0.15) is 28.7 Å². The van der Waals surface area contributed by atoms with E-state index in [0.29, 0.717) is 11.1 Å². The first kappa shape index (κ1) is 25.3. The Morgan fingerprint density at radius 2 is 1.87 bits per heavy atom. The smallest absolute Gasteiger partial charge is 0.341 e. The fourth-order valence-electron chi connectivity index (χ4n) is 3.39. The van der Waals surface area contributed by atoms with Gasteiger partial charge in [-0.15, -0.1) is 0 Å². The predicted molar refractivity (Wildman–Crippen MR) is 137 cm³/mol. The molecule has 0 bridgehead atoms. The van der Waals surface area contributed by atoms with Crippen molar-refractivity contribution in [3.8, 4) is 28.8 Å². The van der Waals surface area contributed by atoms with Crippen LogP contribution in [0.3, 0.4) is 0 Å². The SMILES string of the molecule is COC(=O)c1cc([N+](=O)[O-])ccc1Oc1ccccc1C=NNc1nc(-c2ccccc2)c(C#N)c(=O)[nH]1. The summed E-state index contributed by atoms with van der Waals surface area (Å²) in [5.41, 5.74) is 2.71. The molecule has 0 unspecified atom stereocenters. The number of methoxy groups -OCH3 is 1. The molecule has 0 aliphatic heterocycles. The molecule has 0 saturated heterocycles. The van der Waals surface area contributed by atoms with Crippen LogP contribution in [0.5, 0.6) is 11.5 Å². The number of carbonyl (C=O) groups is 1. The molecule has 0 radical (unpaired) electrons. The third-order valence-electron chi connectivity index (χ3n) is 5.17. The number of hydrogen-bond acceptors (Lipinski definition) is 10. The zero-order valence-corrected chi connectivity index (χ0v) is 19.7. The number of aromatic amines is 1. The van der Waals surface area contributed by atoms with Crippen molar-refractivity contribution in [3.63, 3.8) is 0 Å². The number of carbonyl (C=O) groups excluding carboxylic acids is 1. The second-order valence-corrected chi connectivity index (χ2v) is 7.56. The number of benzene rings is 3. The molecule has 12 heteroatoms. The third kappa shape index (κ3) is 5.52. The van der Waals surface area contributed by atoms with Crippen molar-refractivity contribution in [3.05, 3.63) is 110 Å². The monoisotopic (exact) mass is 510 g/mol. The molecule has 4 aromatic rings. The van der Waals surface area contributed by atoms with Gasteiger partial charge in [-0.25, -0.2) is 15.2 Å². The van der Waals surface area contributed by atoms with Crippen molar-refractivity contribution in [2.75, 3.05) is 12.5 Å². The first-order valence-corrected chi connectivity index (χ1v) is 10.9. The van der Waals surface area contributed by atoms with Gasteiger partial charge in [0.25, 0.3) is 11.2 Å². The lowest BCUT2D eigenvalue weighted by molar-refractivity contribution is -0.384. The van der Waals surface area contributed by atoms with Crippen LogP contribution in [-0.2, 0) is 4.74 Å². The number of nitro groups is 1. The van der Waals surface area contributed by atoms with E-state index in [1.165, 1.54) is 18.3 Å². The van der Waals surface area contributed by atoms with Gasteiger partial charge in [-0.1, -0.05) is 42.5 Å². The Hall–Kier alpha value is -5.83. The average molecular weight is 510 g/mol. The Kier molecular flexibility index (Phi) is 7.50. The van der Waals surface area contributed by atoms with Crippen LogP contribution >= 0.6 is 0 Å². The number of nitro benzene ring substituents is 1. The second-order valence-electron chi connectivity index (χ2n) is 7.56. The topological polar surface area (TPSA) is 173 Å². The van der Waals surface area contributed by atoms with Crippen molar-refractivity contribution in [2.45, 2.75) is 0 Å². The average Bonchev–Trinajstić information content (AvgIpc) is 2.93. The maximum Gasteiger partial charge on any atom is 0.341 e. The lowest BCUT2D eigenvalue weighted by Gasteiger charge is -2.12. The van der Waals surface area contributed by atoms with Gasteiger partial charge >= 0.3 is 5.97 Å². The summed E-state index contributed by atoms with van der Waals surface area (Å²) >= 11 is 0. The van der Waals surface area contributed by atoms with E-state index < -0.39 is 16.5 Å². The highest BCUT2D eigenvalue weighted by molar-refractivity contribution is 5.93. The molecule has 0 aliphatic rings. The number of hydrazone groups is 1. The van der Waals surface area contributed by atoms with Crippen LogP contribution in [-0.4, -0.2) is 34.2 Å². The van der Waals surface area contributed by atoms with Crippen LogP contribution in [0.25, 0.3) is 11.3 Å². The van der Waals surface area contributed by atoms with E-state index >= 15 is 0 Å². The molecule has 1 heterocycles. The number of hydrogen-bond donors (Lipinski definition) is 2. The number of para-hydroxylation sites is 1. The van der Waals surface area contributed by atoms with Gasteiger partial charge in [0.05, 0.1) is 23.9 Å². The summed E-state index contributed by atoms with van der Waals surface area (Å²) in [6.45, 7) is 0. The van der Waals surface area contributed by atoms with Gasteiger partial charge in [-0.3, -0.25) is 19.9 Å². The molecule has 0 amide bonds. The number of non-ortho nitro benzene ring substituents is 1. The molecule has 4 rings (SSSR count). The summed E-state index contributed by atoms with van der Waals surface area (Å²) in [5, 5.41) is 24.6. The first-order valence-electron chi connectivity index (χ1n) is 10.9. The molecule has 0 saturated carbocycles. The van der Waals surface area contributed by atoms with E-state index in [1.807, 2.05) is 6.07 Å². The van der Waals surface area contributed by atoms with Gasteiger partial charge in [0.2, 0.25) is 5.95 Å². The largest absolute Gasteiger partial charge is 0.465 e. The number of nitriles is 1. The summed E-state index contributed by atoms with van der Waals surface area (Å²) in [4.78, 5) is 41.9. The van der Waals surface area contributed by atoms with Gasteiger partial charge in [0.15, 0.2) is 0 Å². The molecule has 0 atom stereocenters. The minimum absolute atomic E-state index is 0.00542. The zero-order chi connectivity index (χ0) is 27.1. The number of esters is 1. The van der Waals surface area contributed by atoms with Gasteiger partial charge in [-0.05, 0) is 18.2 Å². The number of anilines is 1. The number of nitrogens with zero attached hydrogens (tertiary/aromatic N) is 4. The zero-order valence-electron chi connectivity index (χ0n) is 19.7. The lowest BCUT2D eigenvalue weighted by Crippen LogP contribution is -2.16. The Balaban J connectivity index is 1.61. The fourth-order valence-corrected chi connectivity index (χ4v) is 3.39. The number of rotatable bonds is 8. The van der Waals surface area contributed by atoms with Crippen LogP contribution in [0.1, 0.15) is 21.5 Å². The van der Waals surface area contributed by atoms with E-state index in [4.69, 9.17) is 9.47 Å². The van der Waals surface area contributed by atoms with Crippen LogP contribution in [0, 0.1) is 21.4 Å². The van der Waals surface area contributed by atoms with E-state index in [0.717, 1.165) is 13.2 Å². The molecule has 12 nitrogen and oxygen atoms in total. The van der Waals surface area contributed by atoms with E-state index in [2.05, 4.69) is 20.5 Å². The molecule has 38 heavy (non-hydrogen) atoms. The highest BCUT2D eigenvalue weighted by Gasteiger charge is 2.19. The van der Waals surface area contributed by atoms with Crippen molar-refractivity contribution in [1.29, 1.82) is 5.26 Å². The van der Waals surface area contributed by atoms with Gasteiger partial charge in [-0.2, -0.15) is 10.4 Å². The summed E-state index contributed by atoms with van der Waals surface area (Å²) in [6.07, 6.45) is 1.39. The third-order valence-corrected chi connectivity index (χ3v) is 5.17. The van der Waals surface area contributed by atoms with E-state index in [-0.39, 0.29) is 40.0 Å². The van der Waals surface area contributed by atoms with Crippen molar-refractivity contribution in [2.24, 2.45) is 5.10 Å². The quantitative estimate of drug-likeness (QED) is 0.152. The predicted octanol–water partition coefficient (Wildman–Crippen LogP) is 4.24. The number of aromatic nitrogens is 2. The summed E-state index contributed by atoms with van der Waals surface area (Å²) in [6, 6.07) is 20.9. The number of ether oxygens (including phenoxy) is 2. The minimum atomic E-state index is -0.804. The molecule has 188 valence electrons. The van der Waals surface area contributed by atoms with E-state index in [1.54, 1.807) is 54.6 Å². The standard InChI is InChI=1S/C26H18N6O6/c1-37-25(34)19-13-18(32(35)36)11-12-22(19)38-21-10-6-5-9-17(21)15-28-31-26-29-23(16-7-3-2-4-8-16)20(14-27)24(33)30-26/h2-13,15H,1H3,(H2,29,30,31,33). The van der Waals surface area contributed by atoms with Crippen molar-refractivity contribution >= 4 is 23.8 Å². The van der Waals surface area contributed by atoms with Crippen molar-refractivity contribution < 1.29 is 19.2 Å². The number of H-pyrrole nitrogens is 1. The fraction of sp³-hybridized carbons (Fsp3) is 0.0385.